The van der Waals surface area contributed by atoms with Gasteiger partial charge in [0.05, 0.1) is 31.7 Å². The Morgan fingerprint density at radius 2 is 1.71 bits per heavy atom. The molecule has 0 aliphatic heterocycles. The zero-order valence-corrected chi connectivity index (χ0v) is 17.3. The van der Waals surface area contributed by atoms with Gasteiger partial charge in [0, 0.05) is 6.54 Å². The summed E-state index contributed by atoms with van der Waals surface area (Å²) in [6.45, 7) is 3.45. The molecule has 7 nitrogen and oxygen atoms in total. The van der Waals surface area contributed by atoms with Crippen LogP contribution in [0.15, 0.2) is 53.4 Å². The second kappa shape index (κ2) is 9.57. The monoisotopic (exact) mass is 406 g/mol. The van der Waals surface area contributed by atoms with Crippen molar-refractivity contribution in [1.29, 1.82) is 0 Å². The normalized spacial score (nSPS) is 12.5. The van der Waals surface area contributed by atoms with Crippen molar-refractivity contribution >= 4 is 15.9 Å². The fraction of sp³-hybridized carbons (Fsp3) is 0.350. The number of carbonyl (C=O) groups is 1. The predicted molar refractivity (Wildman–Crippen MR) is 107 cm³/mol. The van der Waals surface area contributed by atoms with E-state index in [9.17, 15) is 13.2 Å². The molecular weight excluding hydrogens is 380 g/mol. The summed E-state index contributed by atoms with van der Waals surface area (Å²) in [6, 6.07) is 13.1. The number of ether oxygens (including phenoxy) is 2. The van der Waals surface area contributed by atoms with Gasteiger partial charge >= 0.3 is 0 Å². The molecule has 2 aromatic rings. The van der Waals surface area contributed by atoms with Crippen LogP contribution in [0.25, 0.3) is 0 Å². The Balaban J connectivity index is 2.09. The highest BCUT2D eigenvalue weighted by molar-refractivity contribution is 7.89. The molecule has 2 rings (SSSR count). The molecular formula is C20H26N2O5S. The van der Waals surface area contributed by atoms with Crippen molar-refractivity contribution in [2.24, 2.45) is 0 Å². The maximum Gasteiger partial charge on any atom is 0.243 e. The van der Waals surface area contributed by atoms with Crippen LogP contribution >= 0.6 is 0 Å². The largest absolute Gasteiger partial charge is 0.493 e. The summed E-state index contributed by atoms with van der Waals surface area (Å²) in [6.07, 6.45) is 0. The van der Waals surface area contributed by atoms with Gasteiger partial charge in [0.1, 0.15) is 0 Å². The van der Waals surface area contributed by atoms with Gasteiger partial charge in [0.2, 0.25) is 15.9 Å². The lowest BCUT2D eigenvalue weighted by atomic mass is 10.1. The quantitative estimate of drug-likeness (QED) is 0.692. The van der Waals surface area contributed by atoms with Gasteiger partial charge in [-0.2, -0.15) is 4.31 Å². The molecule has 1 atom stereocenters. The molecule has 0 radical (unpaired) electrons. The Bertz CT molecular complexity index is 900. The minimum atomic E-state index is -3.73. The molecule has 0 spiro atoms. The van der Waals surface area contributed by atoms with Gasteiger partial charge in [-0.25, -0.2) is 8.42 Å². The van der Waals surface area contributed by atoms with Crippen LogP contribution in [0.2, 0.25) is 0 Å². The molecule has 1 amide bonds. The van der Waals surface area contributed by atoms with E-state index < -0.39 is 10.0 Å². The Kier molecular flexibility index (Phi) is 7.42. The lowest BCUT2D eigenvalue weighted by Crippen LogP contribution is -2.41. The molecule has 1 N–H and O–H groups in total. The summed E-state index contributed by atoms with van der Waals surface area (Å²) in [5, 5.41) is 2.83. The molecule has 0 bridgehead atoms. The van der Waals surface area contributed by atoms with Crippen molar-refractivity contribution in [3.05, 3.63) is 54.1 Å². The Hall–Kier alpha value is -2.58. The number of hydrogen-bond acceptors (Lipinski definition) is 5. The van der Waals surface area contributed by atoms with E-state index in [1.54, 1.807) is 51.5 Å². The van der Waals surface area contributed by atoms with Crippen molar-refractivity contribution in [3.8, 4) is 11.5 Å². The van der Waals surface area contributed by atoms with E-state index >= 15 is 0 Å². The van der Waals surface area contributed by atoms with E-state index in [1.807, 2.05) is 13.0 Å². The smallest absolute Gasteiger partial charge is 0.243 e. The van der Waals surface area contributed by atoms with E-state index in [1.165, 1.54) is 12.1 Å². The number of amides is 1. The number of nitrogens with zero attached hydrogens (tertiary/aromatic N) is 1. The van der Waals surface area contributed by atoms with Crippen LogP contribution in [0, 0.1) is 0 Å². The van der Waals surface area contributed by atoms with E-state index in [-0.39, 0.29) is 29.9 Å². The zero-order valence-electron chi connectivity index (χ0n) is 16.5. The van der Waals surface area contributed by atoms with Gasteiger partial charge in [0.15, 0.2) is 11.5 Å². The predicted octanol–water partition coefficient (Wildman–Crippen LogP) is 2.59. The summed E-state index contributed by atoms with van der Waals surface area (Å²) in [5.74, 6) is 0.766. The molecule has 0 heterocycles. The number of methoxy groups -OCH3 is 2. The number of sulfonamides is 1. The molecule has 0 saturated heterocycles. The van der Waals surface area contributed by atoms with Crippen molar-refractivity contribution in [2.75, 3.05) is 27.3 Å². The first kappa shape index (κ1) is 21.7. The number of hydrogen-bond donors (Lipinski definition) is 1. The van der Waals surface area contributed by atoms with Crippen molar-refractivity contribution in [2.45, 2.75) is 24.8 Å². The summed E-state index contributed by atoms with van der Waals surface area (Å²) in [5.41, 5.74) is 0.819. The summed E-state index contributed by atoms with van der Waals surface area (Å²) in [4.78, 5) is 12.6. The van der Waals surface area contributed by atoms with Crippen LogP contribution in [0.3, 0.4) is 0 Å². The second-order valence-electron chi connectivity index (χ2n) is 6.15. The molecule has 0 aliphatic rings. The number of likely N-dealkylation sites (N-methyl/N-ethyl adjacent to an activating group) is 1. The third-order valence-corrected chi connectivity index (χ3v) is 6.27. The van der Waals surface area contributed by atoms with E-state index in [0.29, 0.717) is 11.5 Å². The van der Waals surface area contributed by atoms with Gasteiger partial charge in [0.25, 0.3) is 0 Å². The number of rotatable bonds is 9. The van der Waals surface area contributed by atoms with E-state index in [0.717, 1.165) is 9.87 Å². The van der Waals surface area contributed by atoms with Crippen LogP contribution < -0.4 is 14.8 Å². The highest BCUT2D eigenvalue weighted by atomic mass is 32.2. The maximum atomic E-state index is 12.7. The first-order valence-corrected chi connectivity index (χ1v) is 10.3. The fourth-order valence-corrected chi connectivity index (χ4v) is 4.19. The second-order valence-corrected chi connectivity index (χ2v) is 8.09. The average molecular weight is 407 g/mol. The number of carbonyl (C=O) groups excluding carboxylic acids is 1. The Labute approximate surface area is 166 Å². The minimum Gasteiger partial charge on any atom is -0.493 e. The molecule has 28 heavy (non-hydrogen) atoms. The first-order chi connectivity index (χ1) is 13.3. The van der Waals surface area contributed by atoms with Gasteiger partial charge in [-0.05, 0) is 36.8 Å². The number of nitrogens with one attached hydrogen (secondary N) is 1. The van der Waals surface area contributed by atoms with Crippen molar-refractivity contribution in [1.82, 2.24) is 9.62 Å². The lowest BCUT2D eigenvalue weighted by molar-refractivity contribution is -0.121. The van der Waals surface area contributed by atoms with Crippen LogP contribution in [0.5, 0.6) is 11.5 Å². The molecule has 0 unspecified atom stereocenters. The average Bonchev–Trinajstić information content (AvgIpc) is 2.71. The highest BCUT2D eigenvalue weighted by Gasteiger charge is 2.25. The Morgan fingerprint density at radius 3 is 2.29 bits per heavy atom. The van der Waals surface area contributed by atoms with Gasteiger partial charge in [-0.3, -0.25) is 4.79 Å². The SMILES string of the molecule is CCN(CC(=O)N[C@@H](C)c1ccc(OC)c(OC)c1)S(=O)(=O)c1ccccc1. The molecule has 152 valence electrons. The van der Waals surface area contributed by atoms with Crippen molar-refractivity contribution in [3.63, 3.8) is 0 Å². The van der Waals surface area contributed by atoms with Crippen LogP contribution in [0.1, 0.15) is 25.5 Å². The summed E-state index contributed by atoms with van der Waals surface area (Å²) < 4.78 is 37.1. The standard InChI is InChI=1S/C20H26N2O5S/c1-5-22(28(24,25)17-9-7-6-8-10-17)14-20(23)21-15(2)16-11-12-18(26-3)19(13-16)27-4/h6-13,15H,5,14H2,1-4H3,(H,21,23)/t15-/m0/s1. The molecule has 2 aromatic carbocycles. The summed E-state index contributed by atoms with van der Waals surface area (Å²) >= 11 is 0. The van der Waals surface area contributed by atoms with Crippen LogP contribution in [0.4, 0.5) is 0 Å². The highest BCUT2D eigenvalue weighted by Crippen LogP contribution is 2.29. The first-order valence-electron chi connectivity index (χ1n) is 8.90. The van der Waals surface area contributed by atoms with E-state index in [4.69, 9.17) is 9.47 Å². The fourth-order valence-electron chi connectivity index (χ4n) is 2.76. The molecule has 0 fully saturated rings. The molecule has 0 aromatic heterocycles. The van der Waals surface area contributed by atoms with Gasteiger partial charge in [-0.1, -0.05) is 31.2 Å². The van der Waals surface area contributed by atoms with Gasteiger partial charge in [-0.15, -0.1) is 0 Å². The summed E-state index contributed by atoms with van der Waals surface area (Å²) in [7, 11) is -0.639. The molecule has 0 aliphatic carbocycles. The van der Waals surface area contributed by atoms with Crippen LogP contribution in [-0.2, 0) is 14.8 Å². The van der Waals surface area contributed by atoms with Crippen molar-refractivity contribution < 1.29 is 22.7 Å². The Morgan fingerprint density at radius 1 is 1.07 bits per heavy atom. The van der Waals surface area contributed by atoms with Crippen LogP contribution in [-0.4, -0.2) is 45.9 Å². The van der Waals surface area contributed by atoms with Gasteiger partial charge < -0.3 is 14.8 Å². The van der Waals surface area contributed by atoms with E-state index in [2.05, 4.69) is 5.32 Å². The molecule has 8 heteroatoms. The topological polar surface area (TPSA) is 84.9 Å². The third kappa shape index (κ3) is 5.02. The third-order valence-electron chi connectivity index (χ3n) is 4.34. The number of benzene rings is 2. The minimum absolute atomic E-state index is 0.164. The maximum absolute atomic E-state index is 12.7. The molecule has 0 saturated carbocycles. The lowest BCUT2D eigenvalue weighted by Gasteiger charge is -2.22. The zero-order chi connectivity index (χ0) is 20.7.